The lowest BCUT2D eigenvalue weighted by atomic mass is 10.0. The standard InChI is InChI=1S/C34H18N10O2/c35-13-21-22(14-36)26(46)24-23(25(21)45)33-42-31-19-11-5-3-9-17(19)29(40-31)38-27-15-7-1-2-8-16(15)28(37-27)39-30-18-10-4-6-12-20(18)32(41-30)43-34(24)44-33/h1-12,45-46H,(H4,37,38,39,40,41,42,43,44). The van der Waals surface area contributed by atoms with Gasteiger partial charge in [0.1, 0.15) is 80.0 Å². The number of aromatic nitrogens is 4. The van der Waals surface area contributed by atoms with Gasteiger partial charge in [0.15, 0.2) is 0 Å². The van der Waals surface area contributed by atoms with Crippen molar-refractivity contribution in [2.45, 2.75) is 0 Å². The number of rotatable bonds is 0. The van der Waals surface area contributed by atoms with E-state index in [1.807, 2.05) is 84.9 Å². The Labute approximate surface area is 256 Å². The molecule has 0 unspecified atom stereocenters. The van der Waals surface area contributed by atoms with Gasteiger partial charge in [0.2, 0.25) is 0 Å². The highest BCUT2D eigenvalue weighted by molar-refractivity contribution is 6.02. The predicted octanol–water partition coefficient (Wildman–Crippen LogP) is 4.88. The number of nitrogens with one attached hydrogen (secondary N) is 4. The fraction of sp³-hybridized carbons (Fsp3) is 0. The van der Waals surface area contributed by atoms with Crippen LogP contribution in [0.2, 0.25) is 0 Å². The highest BCUT2D eigenvalue weighted by atomic mass is 16.3. The van der Waals surface area contributed by atoms with Gasteiger partial charge >= 0.3 is 0 Å². The van der Waals surface area contributed by atoms with Crippen LogP contribution in [0.3, 0.4) is 0 Å². The van der Waals surface area contributed by atoms with E-state index in [0.29, 0.717) is 34.2 Å². The summed E-state index contributed by atoms with van der Waals surface area (Å²) in [4.78, 5) is 32.8. The van der Waals surface area contributed by atoms with Gasteiger partial charge in [-0.1, -0.05) is 72.8 Å². The monoisotopic (exact) mass is 598 g/mol. The molecule has 8 aromatic rings. The summed E-state index contributed by atoms with van der Waals surface area (Å²) in [5, 5.41) is 47.2. The number of hydrogen-bond donors (Lipinski definition) is 6. The number of benzene rings is 4. The Morgan fingerprint density at radius 3 is 1.09 bits per heavy atom. The Hall–Kier alpha value is -7.18. The van der Waals surface area contributed by atoms with Crippen LogP contribution in [0.15, 0.2) is 92.8 Å². The van der Waals surface area contributed by atoms with Gasteiger partial charge in [0.25, 0.3) is 0 Å². The molecule has 46 heavy (non-hydrogen) atoms. The summed E-state index contributed by atoms with van der Waals surface area (Å²) in [5.41, 5.74) is 0.682. The predicted molar refractivity (Wildman–Crippen MR) is 169 cm³/mol. The van der Waals surface area contributed by atoms with Crippen molar-refractivity contribution in [3.63, 3.8) is 0 Å². The van der Waals surface area contributed by atoms with Gasteiger partial charge in [0.05, 0.1) is 10.8 Å². The number of phenolic OH excluding ortho intramolecular Hbond substituents is 2. The van der Waals surface area contributed by atoms with Crippen LogP contribution in [-0.2, 0) is 0 Å². The third kappa shape index (κ3) is 3.40. The minimum atomic E-state index is -0.501. The number of H-pyrrole nitrogens is 4. The van der Waals surface area contributed by atoms with Crippen LogP contribution in [0.4, 0.5) is 23.3 Å². The smallest absolute Gasteiger partial charge is 0.146 e. The van der Waals surface area contributed by atoms with Crippen molar-refractivity contribution >= 4 is 66.4 Å². The second-order valence-electron chi connectivity index (χ2n) is 10.8. The molecule has 12 nitrogen and oxygen atoms in total. The first-order valence-corrected chi connectivity index (χ1v) is 14.2. The molecule has 0 atom stereocenters. The molecule has 216 valence electrons. The van der Waals surface area contributed by atoms with E-state index >= 15 is 0 Å². The molecule has 0 aliphatic carbocycles. The molecule has 9 rings (SSSR count). The van der Waals surface area contributed by atoms with Gasteiger partial charge in [-0.25, -0.2) is 20.0 Å². The van der Waals surface area contributed by atoms with Crippen LogP contribution in [0.25, 0.3) is 43.1 Å². The van der Waals surface area contributed by atoms with E-state index in [-0.39, 0.29) is 32.9 Å². The molecule has 0 fully saturated rings. The quantitative estimate of drug-likeness (QED) is 0.135. The highest BCUT2D eigenvalue weighted by Crippen LogP contribution is 2.38. The number of fused-ring (bicyclic) bond motifs is 20. The Morgan fingerprint density at radius 1 is 0.435 bits per heavy atom. The summed E-state index contributed by atoms with van der Waals surface area (Å²) in [7, 11) is 0. The van der Waals surface area contributed by atoms with E-state index in [1.54, 1.807) is 0 Å². The fourth-order valence-corrected chi connectivity index (χ4v) is 6.21. The molecule has 8 bridgehead atoms. The van der Waals surface area contributed by atoms with Crippen molar-refractivity contribution in [1.82, 2.24) is 19.9 Å². The molecule has 4 aromatic carbocycles. The number of aromatic hydroxyl groups is 2. The molecule has 0 spiro atoms. The van der Waals surface area contributed by atoms with E-state index in [1.165, 1.54) is 0 Å². The maximum Gasteiger partial charge on any atom is 0.146 e. The molecular formula is C34H18N10O2. The summed E-state index contributed by atoms with van der Waals surface area (Å²) < 4.78 is 0. The van der Waals surface area contributed by atoms with Crippen LogP contribution >= 0.6 is 0 Å². The zero-order valence-electron chi connectivity index (χ0n) is 23.5. The number of phenols is 2. The zero-order valence-corrected chi connectivity index (χ0v) is 23.5. The van der Waals surface area contributed by atoms with Gasteiger partial charge in [-0.3, -0.25) is 0 Å². The zero-order chi connectivity index (χ0) is 31.1. The average molecular weight is 599 g/mol. The Balaban J connectivity index is 1.54. The Morgan fingerprint density at radius 2 is 0.739 bits per heavy atom. The summed E-state index contributed by atoms with van der Waals surface area (Å²) in [6.45, 7) is 0. The largest absolute Gasteiger partial charge is 0.506 e. The summed E-state index contributed by atoms with van der Waals surface area (Å²) >= 11 is 0. The second kappa shape index (κ2) is 9.16. The van der Waals surface area contributed by atoms with Crippen LogP contribution in [-0.4, -0.2) is 30.1 Å². The van der Waals surface area contributed by atoms with E-state index in [2.05, 4.69) is 19.9 Å². The van der Waals surface area contributed by atoms with Crippen LogP contribution in [0.5, 0.6) is 11.5 Å². The van der Waals surface area contributed by atoms with E-state index in [4.69, 9.17) is 20.0 Å². The summed E-state index contributed by atoms with van der Waals surface area (Å²) in [5.74, 6) is 0.880. The molecule has 5 heterocycles. The van der Waals surface area contributed by atoms with E-state index in [0.717, 1.165) is 32.3 Å². The first kappa shape index (κ1) is 25.3. The van der Waals surface area contributed by atoms with Crippen molar-refractivity contribution < 1.29 is 10.2 Å². The van der Waals surface area contributed by atoms with E-state index < -0.39 is 11.5 Å². The fourth-order valence-electron chi connectivity index (χ4n) is 6.21. The normalized spacial score (nSPS) is 12.3. The molecule has 1 aliphatic heterocycles. The average Bonchev–Trinajstić information content (AvgIpc) is 3.82. The first-order valence-electron chi connectivity index (χ1n) is 14.2. The van der Waals surface area contributed by atoms with Gasteiger partial charge in [0, 0.05) is 32.3 Å². The second-order valence-corrected chi connectivity index (χ2v) is 10.8. The van der Waals surface area contributed by atoms with Crippen LogP contribution < -0.4 is 22.0 Å². The molecule has 0 saturated heterocycles. The Kier molecular flexibility index (Phi) is 5.04. The minimum absolute atomic E-state index is 0.0358. The third-order valence-corrected chi connectivity index (χ3v) is 8.30. The van der Waals surface area contributed by atoms with Crippen LogP contribution in [0, 0.1) is 22.7 Å². The number of aromatic amines is 4. The van der Waals surface area contributed by atoms with Crippen molar-refractivity contribution in [3.8, 4) is 23.6 Å². The number of nitrogens with zero attached hydrogens (tertiary/aromatic N) is 6. The SMILES string of the molecule is N#Cc1c(C#N)c(O)c2c3[nH]c(c2c1O)=Nc1[nH]c(c2ccccc12)N=c1[nH]c(c2ccccc12)=Nc1[nH]c(c2ccccc12)N=3. The molecule has 4 aromatic heterocycles. The maximum absolute atomic E-state index is 11.3. The number of hydrogen-bond acceptors (Lipinski definition) is 8. The van der Waals surface area contributed by atoms with Crippen LogP contribution in [0.1, 0.15) is 11.1 Å². The molecule has 6 N–H and O–H groups in total. The number of nitriles is 2. The highest BCUT2D eigenvalue weighted by Gasteiger charge is 2.24. The van der Waals surface area contributed by atoms with Crippen molar-refractivity contribution in [3.05, 3.63) is 106 Å². The lowest BCUT2D eigenvalue weighted by molar-refractivity contribution is 0.466. The first-order chi connectivity index (χ1) is 22.5. The topological polar surface area (TPSA) is 201 Å². The molecule has 0 amide bonds. The minimum Gasteiger partial charge on any atom is -0.506 e. The summed E-state index contributed by atoms with van der Waals surface area (Å²) in [6, 6.07) is 26.7. The van der Waals surface area contributed by atoms with Crippen molar-refractivity contribution in [1.29, 1.82) is 10.5 Å². The molecule has 0 saturated carbocycles. The summed E-state index contributed by atoms with van der Waals surface area (Å²) in [6.07, 6.45) is 0. The van der Waals surface area contributed by atoms with Crippen molar-refractivity contribution in [2.75, 3.05) is 0 Å². The van der Waals surface area contributed by atoms with Gasteiger partial charge in [-0.05, 0) is 0 Å². The molecular weight excluding hydrogens is 580 g/mol. The maximum atomic E-state index is 11.3. The van der Waals surface area contributed by atoms with Crippen molar-refractivity contribution in [2.24, 2.45) is 20.0 Å². The van der Waals surface area contributed by atoms with Gasteiger partial charge in [-0.15, -0.1) is 0 Å². The third-order valence-electron chi connectivity index (χ3n) is 8.30. The van der Waals surface area contributed by atoms with Gasteiger partial charge < -0.3 is 30.1 Å². The lowest BCUT2D eigenvalue weighted by Gasteiger charge is -2.04. The molecule has 0 radical (unpaired) electrons. The molecule has 1 aliphatic rings. The lowest BCUT2D eigenvalue weighted by Crippen LogP contribution is -2.10. The molecule has 12 heteroatoms. The van der Waals surface area contributed by atoms with Gasteiger partial charge in [-0.2, -0.15) is 10.5 Å². The van der Waals surface area contributed by atoms with E-state index in [9.17, 15) is 20.7 Å². The Bertz CT molecular complexity index is 2780.